The van der Waals surface area contributed by atoms with Gasteiger partial charge < -0.3 is 20.3 Å². The van der Waals surface area contributed by atoms with E-state index in [1.165, 1.54) is 12.8 Å². The molecule has 0 aromatic heterocycles. The van der Waals surface area contributed by atoms with Crippen LogP contribution in [0, 0.1) is 11.3 Å². The zero-order valence-electron chi connectivity index (χ0n) is 18.3. The van der Waals surface area contributed by atoms with Crippen molar-refractivity contribution >= 4 is 18.6 Å². The molecule has 166 valence electrons. The van der Waals surface area contributed by atoms with Crippen molar-refractivity contribution in [3.63, 3.8) is 0 Å². The molecule has 0 amide bonds. The van der Waals surface area contributed by atoms with Crippen LogP contribution in [0.1, 0.15) is 58.9 Å². The molecule has 1 saturated carbocycles. The lowest BCUT2D eigenvalue weighted by molar-refractivity contribution is 0.0747. The maximum absolute atomic E-state index is 11.0. The molecule has 2 unspecified atom stereocenters. The SMILES string of the molecule is CC(C)(C)C1CCCC(Oc2ccc3cc([C@@](C)(N)COP(=O)(O)O)ccc3c2)C1. The molecular weight excluding hydrogens is 401 g/mol. The van der Waals surface area contributed by atoms with E-state index < -0.39 is 13.4 Å². The largest absolute Gasteiger partial charge is 0.490 e. The molecule has 30 heavy (non-hydrogen) atoms. The normalized spacial score (nSPS) is 22.6. The van der Waals surface area contributed by atoms with Crippen LogP contribution in [-0.4, -0.2) is 22.5 Å². The smallest absolute Gasteiger partial charge is 0.469 e. The van der Waals surface area contributed by atoms with Gasteiger partial charge in [-0.05, 0) is 78.5 Å². The fourth-order valence-corrected chi connectivity index (χ4v) is 4.62. The summed E-state index contributed by atoms with van der Waals surface area (Å²) in [6.07, 6.45) is 4.90. The first-order chi connectivity index (χ1) is 13.8. The summed E-state index contributed by atoms with van der Waals surface area (Å²) in [4.78, 5) is 17.9. The monoisotopic (exact) mass is 435 g/mol. The molecule has 6 nitrogen and oxygen atoms in total. The third kappa shape index (κ3) is 6.05. The molecule has 7 heteroatoms. The van der Waals surface area contributed by atoms with Crippen LogP contribution in [0.25, 0.3) is 10.8 Å². The molecule has 0 heterocycles. The van der Waals surface area contributed by atoms with E-state index in [9.17, 15) is 4.57 Å². The number of fused-ring (bicyclic) bond motifs is 1. The summed E-state index contributed by atoms with van der Waals surface area (Å²) in [5.74, 6) is 1.55. The minimum atomic E-state index is -4.57. The molecule has 3 rings (SSSR count). The zero-order valence-corrected chi connectivity index (χ0v) is 19.2. The van der Waals surface area contributed by atoms with Gasteiger partial charge in [-0.25, -0.2) is 4.57 Å². The number of hydrogen-bond acceptors (Lipinski definition) is 4. The Morgan fingerprint density at radius 3 is 2.40 bits per heavy atom. The standard InChI is InChI=1S/C23H34NO5P/c1-22(2,3)18-6-5-7-20(14-18)29-21-11-9-16-12-19(10-8-17(16)13-21)23(4,24)15-28-30(25,26)27/h8-13,18,20H,5-7,14-15,24H2,1-4H3,(H2,25,26,27)/t18?,20?,23-/m0/s1. The van der Waals surface area contributed by atoms with Crippen molar-refractivity contribution in [3.8, 4) is 5.75 Å². The second-order valence-corrected chi connectivity index (χ2v) is 11.1. The third-order valence-corrected chi connectivity index (χ3v) is 6.62. The highest BCUT2D eigenvalue weighted by atomic mass is 31.2. The van der Waals surface area contributed by atoms with Crippen LogP contribution in [0.5, 0.6) is 5.75 Å². The van der Waals surface area contributed by atoms with Gasteiger partial charge in [0.25, 0.3) is 0 Å². The van der Waals surface area contributed by atoms with Gasteiger partial charge in [0, 0.05) is 0 Å². The summed E-state index contributed by atoms with van der Waals surface area (Å²) in [7, 11) is -4.57. The molecule has 1 fully saturated rings. The topological polar surface area (TPSA) is 102 Å². The third-order valence-electron chi connectivity index (χ3n) is 6.16. The molecule has 1 aliphatic rings. The van der Waals surface area contributed by atoms with Gasteiger partial charge in [-0.1, -0.05) is 39.0 Å². The average molecular weight is 436 g/mol. The molecule has 0 bridgehead atoms. The van der Waals surface area contributed by atoms with Gasteiger partial charge in [-0.15, -0.1) is 0 Å². The number of rotatable bonds is 6. The van der Waals surface area contributed by atoms with E-state index in [0.717, 1.165) is 34.9 Å². The summed E-state index contributed by atoms with van der Waals surface area (Å²) in [6.45, 7) is 8.34. The van der Waals surface area contributed by atoms with Crippen LogP contribution in [0.4, 0.5) is 0 Å². The number of hydrogen-bond donors (Lipinski definition) is 3. The van der Waals surface area contributed by atoms with E-state index in [-0.39, 0.29) is 12.7 Å². The Morgan fingerprint density at radius 1 is 1.07 bits per heavy atom. The molecule has 2 aromatic rings. The van der Waals surface area contributed by atoms with Crippen LogP contribution in [0.2, 0.25) is 0 Å². The summed E-state index contributed by atoms with van der Waals surface area (Å²) in [5, 5.41) is 2.02. The number of phosphoric acid groups is 1. The molecule has 0 radical (unpaired) electrons. The van der Waals surface area contributed by atoms with Gasteiger partial charge in [0.05, 0.1) is 18.2 Å². The molecule has 0 saturated heterocycles. The predicted octanol–water partition coefficient (Wildman–Crippen LogP) is 5.11. The molecule has 4 N–H and O–H groups in total. The predicted molar refractivity (Wildman–Crippen MR) is 119 cm³/mol. The van der Waals surface area contributed by atoms with Gasteiger partial charge in [0.2, 0.25) is 0 Å². The number of ether oxygens (including phenoxy) is 1. The highest BCUT2D eigenvalue weighted by Gasteiger charge is 2.31. The minimum Gasteiger partial charge on any atom is -0.490 e. The highest BCUT2D eigenvalue weighted by Crippen LogP contribution is 2.40. The van der Waals surface area contributed by atoms with E-state index in [4.69, 9.17) is 20.3 Å². The fourth-order valence-electron chi connectivity index (χ4n) is 4.18. The van der Waals surface area contributed by atoms with Crippen molar-refractivity contribution in [1.82, 2.24) is 0 Å². The Balaban J connectivity index is 1.73. The van der Waals surface area contributed by atoms with Crippen LogP contribution in [-0.2, 0) is 14.6 Å². The lowest BCUT2D eigenvalue weighted by atomic mass is 9.71. The summed E-state index contributed by atoms with van der Waals surface area (Å²) in [6, 6.07) is 11.8. The second kappa shape index (κ2) is 8.60. The lowest BCUT2D eigenvalue weighted by Crippen LogP contribution is -2.37. The first-order valence-corrected chi connectivity index (χ1v) is 12.1. The zero-order chi connectivity index (χ0) is 22.2. The average Bonchev–Trinajstić information content (AvgIpc) is 2.65. The van der Waals surface area contributed by atoms with Crippen LogP contribution >= 0.6 is 7.82 Å². The molecular formula is C23H34NO5P. The summed E-state index contributed by atoms with van der Waals surface area (Å²) >= 11 is 0. The van der Waals surface area contributed by atoms with Crippen LogP contribution in [0.3, 0.4) is 0 Å². The van der Waals surface area contributed by atoms with Crippen molar-refractivity contribution < 1.29 is 23.6 Å². The Kier molecular flexibility index (Phi) is 6.66. The summed E-state index contributed by atoms with van der Waals surface area (Å²) in [5.41, 5.74) is 6.28. The second-order valence-electron chi connectivity index (χ2n) is 9.87. The minimum absolute atomic E-state index is 0.247. The maximum atomic E-state index is 11.0. The number of phosphoric ester groups is 1. The number of nitrogens with two attached hydrogens (primary N) is 1. The maximum Gasteiger partial charge on any atom is 0.469 e. The van der Waals surface area contributed by atoms with E-state index in [1.807, 2.05) is 36.4 Å². The van der Waals surface area contributed by atoms with Crippen molar-refractivity contribution in [2.75, 3.05) is 6.61 Å². The summed E-state index contributed by atoms with van der Waals surface area (Å²) < 4.78 is 21.9. The van der Waals surface area contributed by atoms with Gasteiger partial charge in [0.15, 0.2) is 0 Å². The quantitative estimate of drug-likeness (QED) is 0.545. The van der Waals surface area contributed by atoms with Crippen LogP contribution in [0.15, 0.2) is 36.4 Å². The highest BCUT2D eigenvalue weighted by molar-refractivity contribution is 7.46. The first kappa shape index (κ1) is 23.2. The van der Waals surface area contributed by atoms with Crippen molar-refractivity contribution in [1.29, 1.82) is 0 Å². The van der Waals surface area contributed by atoms with E-state index in [1.54, 1.807) is 6.92 Å². The van der Waals surface area contributed by atoms with Gasteiger partial charge in [0.1, 0.15) is 5.75 Å². The molecule has 0 spiro atoms. The van der Waals surface area contributed by atoms with E-state index in [2.05, 4.69) is 25.3 Å². The fraction of sp³-hybridized carbons (Fsp3) is 0.565. The van der Waals surface area contributed by atoms with Crippen molar-refractivity contribution in [2.45, 2.75) is 65.0 Å². The van der Waals surface area contributed by atoms with Crippen molar-refractivity contribution in [3.05, 3.63) is 42.0 Å². The van der Waals surface area contributed by atoms with Crippen LogP contribution < -0.4 is 10.5 Å². The first-order valence-electron chi connectivity index (χ1n) is 10.5. The Bertz CT molecular complexity index is 931. The molecule has 0 aliphatic heterocycles. The molecule has 2 aromatic carbocycles. The van der Waals surface area contributed by atoms with Gasteiger partial charge in [-0.2, -0.15) is 0 Å². The Morgan fingerprint density at radius 2 is 1.73 bits per heavy atom. The molecule has 1 aliphatic carbocycles. The molecule has 3 atom stereocenters. The van der Waals surface area contributed by atoms with E-state index in [0.29, 0.717) is 11.3 Å². The van der Waals surface area contributed by atoms with Gasteiger partial charge >= 0.3 is 7.82 Å². The van der Waals surface area contributed by atoms with E-state index >= 15 is 0 Å². The Labute approximate surface area is 179 Å². The van der Waals surface area contributed by atoms with Crippen molar-refractivity contribution in [2.24, 2.45) is 17.1 Å². The Hall–Kier alpha value is -1.43. The van der Waals surface area contributed by atoms with Gasteiger partial charge in [-0.3, -0.25) is 4.52 Å². The lowest BCUT2D eigenvalue weighted by Gasteiger charge is -2.37. The number of benzene rings is 2.